The molecule has 89 heavy (non-hydrogen) atoms. The topological polar surface area (TPSA) is 485 Å². The molecule has 0 amide bonds. The average Bonchev–Trinajstić information content (AvgIpc) is 1.85. The Morgan fingerprint density at radius 3 is 1.45 bits per heavy atom. The van der Waals surface area contributed by atoms with Crippen molar-refractivity contribution < 1.29 is 87.7 Å². The quantitative estimate of drug-likeness (QED) is 0.0349. The van der Waals surface area contributed by atoms with Crippen molar-refractivity contribution in [3.05, 3.63) is 138 Å². The summed E-state index contributed by atoms with van der Waals surface area (Å²) in [6.45, 7) is 5.00. The number of methoxy groups -OCH3 is 1. The van der Waals surface area contributed by atoms with Gasteiger partial charge in [0.25, 0.3) is 60.7 Å². The van der Waals surface area contributed by atoms with E-state index in [4.69, 9.17) is 4.74 Å². The van der Waals surface area contributed by atoms with E-state index in [1.54, 1.807) is 45.0 Å². The van der Waals surface area contributed by atoms with Crippen molar-refractivity contribution in [3.63, 3.8) is 0 Å². The maximum atomic E-state index is 12.9. The molecule has 0 saturated heterocycles. The number of benzene rings is 9. The molecule has 0 aliphatic heterocycles. The van der Waals surface area contributed by atoms with E-state index >= 15 is 0 Å². The molecule has 0 atom stereocenters. The van der Waals surface area contributed by atoms with Crippen molar-refractivity contribution in [3.8, 4) is 17.2 Å². The normalized spacial score (nSPS) is 13.2. The molecule has 0 fully saturated rings. The zero-order valence-corrected chi connectivity index (χ0v) is 50.3. The summed E-state index contributed by atoms with van der Waals surface area (Å²) in [5.41, 5.74) is 2.08. The Labute approximate surface area is 502 Å². The highest BCUT2D eigenvalue weighted by Gasteiger charge is 2.28. The number of aryl methyl sites for hydroxylation is 3. The molecule has 1 aromatic heterocycles. The maximum absolute atomic E-state index is 12.9. The van der Waals surface area contributed by atoms with Gasteiger partial charge in [-0.15, -0.1) is 25.5 Å². The minimum absolute atomic E-state index is 0.0156. The molecule has 0 saturated carbocycles. The standard InChI is InChI=1S/C52H39N11O20S6/c1-25-13-31(5-10-39(25)55-53-30-6-11-40(26(2)14-30)56-59-44-23-37-29(18-48(44)88(77,78)79)17-33(84(65,66)67)21-47(37)87(74,75)76)54-57-42-24-45(83-4)43(15-27(42)3)58-60-51-49(89(80,81)82)19-28-16-32(7-8-35(28)52(51)64)63-61-41-12-9-36-38(50(41)62-63)20-34(85(68,69)70)22-46(36)86(71,72)73/h5-24,64H,1-4H3,(H,65,66,67)(H,68,69,70)(H,71,72,73)(H,74,75,76)(H,77,78,79)(H,80,81,82). The predicted molar refractivity (Wildman–Crippen MR) is 315 cm³/mol. The van der Waals surface area contributed by atoms with Gasteiger partial charge in [-0.1, -0.05) is 6.07 Å². The van der Waals surface area contributed by atoms with Crippen LogP contribution in [-0.4, -0.2) is 105 Å². The lowest BCUT2D eigenvalue weighted by molar-refractivity contribution is 0.416. The summed E-state index contributed by atoms with van der Waals surface area (Å²) in [5.74, 6) is -0.646. The highest BCUT2D eigenvalue weighted by Crippen LogP contribution is 2.45. The molecule has 10 rings (SSSR count). The van der Waals surface area contributed by atoms with E-state index in [0.717, 1.165) is 29.1 Å². The Hall–Kier alpha value is -9.38. The molecule has 0 bridgehead atoms. The molecule has 458 valence electrons. The van der Waals surface area contributed by atoms with Gasteiger partial charge in [0.1, 0.15) is 53.4 Å². The van der Waals surface area contributed by atoms with Crippen LogP contribution in [0.15, 0.2) is 192 Å². The van der Waals surface area contributed by atoms with Gasteiger partial charge in [0.15, 0.2) is 5.75 Å². The highest BCUT2D eigenvalue weighted by atomic mass is 32.2. The van der Waals surface area contributed by atoms with Gasteiger partial charge < -0.3 is 9.84 Å². The third kappa shape index (κ3) is 13.0. The van der Waals surface area contributed by atoms with Crippen molar-refractivity contribution in [2.75, 3.05) is 7.11 Å². The van der Waals surface area contributed by atoms with Crippen LogP contribution in [0.25, 0.3) is 49.0 Å². The number of nitrogens with zero attached hydrogens (tertiary/aromatic N) is 11. The largest absolute Gasteiger partial charge is 0.505 e. The van der Waals surface area contributed by atoms with E-state index in [1.165, 1.54) is 61.7 Å². The van der Waals surface area contributed by atoms with E-state index in [9.17, 15) is 82.9 Å². The molecule has 10 aromatic rings. The van der Waals surface area contributed by atoms with Crippen LogP contribution in [0, 0.1) is 20.8 Å². The van der Waals surface area contributed by atoms with Gasteiger partial charge in [0.2, 0.25) is 0 Å². The Morgan fingerprint density at radius 1 is 0.393 bits per heavy atom. The first-order valence-electron chi connectivity index (χ1n) is 24.6. The first-order valence-corrected chi connectivity index (χ1v) is 33.3. The molecular weight excluding hydrogens is 1290 g/mol. The van der Waals surface area contributed by atoms with Gasteiger partial charge in [-0.05, 0) is 157 Å². The third-order valence-electron chi connectivity index (χ3n) is 13.3. The summed E-state index contributed by atoms with van der Waals surface area (Å²) >= 11 is 0. The lowest BCUT2D eigenvalue weighted by Crippen LogP contribution is -2.05. The van der Waals surface area contributed by atoms with Crippen molar-refractivity contribution >= 4 is 150 Å². The van der Waals surface area contributed by atoms with Crippen LogP contribution in [-0.2, 0) is 60.7 Å². The predicted octanol–water partition coefficient (Wildman–Crippen LogP) is 11.7. The first kappa shape index (κ1) is 62.7. The summed E-state index contributed by atoms with van der Waals surface area (Å²) in [5, 5.41) is 52.6. The van der Waals surface area contributed by atoms with Crippen LogP contribution in [0.2, 0.25) is 0 Å². The van der Waals surface area contributed by atoms with Gasteiger partial charge in [-0.25, -0.2) is 0 Å². The molecule has 0 aliphatic carbocycles. The molecule has 7 N–H and O–H groups in total. The minimum Gasteiger partial charge on any atom is -0.505 e. The van der Waals surface area contributed by atoms with Crippen LogP contribution in [0.3, 0.4) is 0 Å². The van der Waals surface area contributed by atoms with Crippen molar-refractivity contribution in [1.82, 2.24) is 15.0 Å². The van der Waals surface area contributed by atoms with E-state index in [0.29, 0.717) is 57.6 Å². The molecule has 1 heterocycles. The molecule has 31 nitrogen and oxygen atoms in total. The SMILES string of the molecule is COc1cc(N=Nc2ccc(N=Nc3ccc(N=Nc4cc5c(S(=O)(=O)O)cc(S(=O)(=O)O)cc5cc4S(=O)(=O)O)c(C)c3)c(C)c2)c(C)cc1N=Nc1c(S(=O)(=O)O)cc2cc(-n3nc4ccc5c(S(=O)(=O)O)cc(S(=O)(=O)O)cc5c4n3)ccc2c1O. The fourth-order valence-electron chi connectivity index (χ4n) is 9.03. The number of hydrogen-bond donors (Lipinski definition) is 7. The second kappa shape index (κ2) is 22.6. The third-order valence-corrected chi connectivity index (χ3v) is 18.5. The molecule has 0 spiro atoms. The van der Waals surface area contributed by atoms with Crippen LogP contribution >= 0.6 is 0 Å². The zero-order valence-electron chi connectivity index (χ0n) is 45.4. The molecule has 0 aliphatic rings. The smallest absolute Gasteiger partial charge is 0.296 e. The number of azo groups is 4. The van der Waals surface area contributed by atoms with Gasteiger partial charge in [0.05, 0.1) is 51.0 Å². The van der Waals surface area contributed by atoms with Crippen molar-refractivity contribution in [2.45, 2.75) is 50.1 Å². The zero-order chi connectivity index (χ0) is 64.7. The number of aromatic nitrogens is 3. The lowest BCUT2D eigenvalue weighted by Gasteiger charge is -2.11. The molecular formula is C52H39N11O20S6. The van der Waals surface area contributed by atoms with Gasteiger partial charge in [0, 0.05) is 27.6 Å². The Morgan fingerprint density at radius 2 is 0.888 bits per heavy atom. The number of fused-ring (bicyclic) bond motifs is 5. The van der Waals surface area contributed by atoms with Crippen LogP contribution in [0.4, 0.5) is 45.5 Å². The van der Waals surface area contributed by atoms with E-state index in [-0.39, 0.29) is 55.4 Å². The van der Waals surface area contributed by atoms with Gasteiger partial charge in [-0.2, -0.15) is 80.9 Å². The second-order valence-corrected chi connectivity index (χ2v) is 27.7. The van der Waals surface area contributed by atoms with Crippen LogP contribution < -0.4 is 4.74 Å². The fraction of sp³-hybridized carbons (Fsp3) is 0.0769. The number of aromatic hydroxyl groups is 1. The summed E-state index contributed by atoms with van der Waals surface area (Å²) in [6, 6.07) is 24.2. The van der Waals surface area contributed by atoms with Crippen LogP contribution in [0.5, 0.6) is 11.5 Å². The number of phenolic OH excluding ortho intramolecular Hbond substituents is 1. The molecule has 0 unspecified atom stereocenters. The average molecular weight is 1330 g/mol. The Kier molecular flexibility index (Phi) is 15.9. The summed E-state index contributed by atoms with van der Waals surface area (Å²) in [6.07, 6.45) is 0. The Balaban J connectivity index is 0.867. The van der Waals surface area contributed by atoms with Crippen LogP contribution in [0.1, 0.15) is 16.7 Å². The van der Waals surface area contributed by atoms with Gasteiger partial charge in [-0.3, -0.25) is 27.3 Å². The Bertz CT molecular complexity index is 5610. The van der Waals surface area contributed by atoms with E-state index in [1.807, 2.05) is 0 Å². The number of hydrogen-bond acceptors (Lipinski definition) is 24. The summed E-state index contributed by atoms with van der Waals surface area (Å²) < 4.78 is 212. The molecule has 9 aromatic carbocycles. The van der Waals surface area contributed by atoms with E-state index < -0.39 is 118 Å². The van der Waals surface area contributed by atoms with Crippen molar-refractivity contribution in [1.29, 1.82) is 0 Å². The molecule has 0 radical (unpaired) electrons. The first-order chi connectivity index (χ1) is 41.5. The monoisotopic (exact) mass is 1330 g/mol. The second-order valence-electron chi connectivity index (χ2n) is 19.3. The van der Waals surface area contributed by atoms with E-state index in [2.05, 4.69) is 51.1 Å². The fourth-order valence-corrected chi connectivity index (χ4v) is 13.0. The van der Waals surface area contributed by atoms with Gasteiger partial charge >= 0.3 is 0 Å². The summed E-state index contributed by atoms with van der Waals surface area (Å²) in [7, 11) is -29.2. The summed E-state index contributed by atoms with van der Waals surface area (Å²) in [4.78, 5) is -4.46. The highest BCUT2D eigenvalue weighted by molar-refractivity contribution is 7.87. The lowest BCUT2D eigenvalue weighted by atomic mass is 10.1. The number of phenols is 1. The molecule has 37 heteroatoms. The maximum Gasteiger partial charge on any atom is 0.296 e. The minimum atomic E-state index is -5.17. The van der Waals surface area contributed by atoms with Crippen molar-refractivity contribution in [2.24, 2.45) is 40.9 Å². The number of rotatable bonds is 16. The number of ether oxygens (including phenoxy) is 1.